The average Bonchev–Trinajstić information content (AvgIpc) is 3.02. The second-order valence-electron chi connectivity index (χ2n) is 6.44. The lowest BCUT2D eigenvalue weighted by molar-refractivity contribution is -0.137. The predicted molar refractivity (Wildman–Crippen MR) is 95.4 cm³/mol. The molecule has 0 unspecified atom stereocenters. The van der Waals surface area contributed by atoms with Gasteiger partial charge in [-0.1, -0.05) is 0 Å². The summed E-state index contributed by atoms with van der Waals surface area (Å²) in [4.78, 5) is 20.4. The Hall–Kier alpha value is -2.62. The van der Waals surface area contributed by atoms with Crippen LogP contribution in [0, 0.1) is 5.41 Å². The number of rotatable bonds is 4. The Morgan fingerprint density at radius 3 is 2.85 bits per heavy atom. The van der Waals surface area contributed by atoms with Crippen LogP contribution in [0.3, 0.4) is 0 Å². The van der Waals surface area contributed by atoms with E-state index in [4.69, 9.17) is 10.1 Å². The van der Waals surface area contributed by atoms with Crippen molar-refractivity contribution in [3.05, 3.63) is 18.0 Å². The molecule has 0 aromatic carbocycles. The Morgan fingerprint density at radius 2 is 2.22 bits per heavy atom. The lowest BCUT2D eigenvalue weighted by atomic mass is 10.0. The minimum atomic E-state index is -4.62. The van der Waals surface area contributed by atoms with Gasteiger partial charge in [-0.15, -0.1) is 0 Å². The third-order valence-corrected chi connectivity index (χ3v) is 4.56. The molecule has 7 nitrogen and oxygen atoms in total. The van der Waals surface area contributed by atoms with Crippen molar-refractivity contribution in [3.8, 4) is 0 Å². The third kappa shape index (κ3) is 3.75. The van der Waals surface area contributed by atoms with Gasteiger partial charge in [-0.25, -0.2) is 4.98 Å². The number of amides is 1. The van der Waals surface area contributed by atoms with Crippen molar-refractivity contribution in [2.45, 2.75) is 32.0 Å². The van der Waals surface area contributed by atoms with Crippen molar-refractivity contribution in [3.63, 3.8) is 0 Å². The van der Waals surface area contributed by atoms with Crippen molar-refractivity contribution in [2.24, 2.45) is 0 Å². The number of halogens is 3. The fraction of sp³-hybridized carbons (Fsp3) is 0.471. The highest BCUT2D eigenvalue weighted by atomic mass is 19.4. The molecular formula is C17H20F3N5O2. The maximum Gasteiger partial charge on any atom is 0.419 e. The van der Waals surface area contributed by atoms with Gasteiger partial charge >= 0.3 is 6.18 Å². The van der Waals surface area contributed by atoms with E-state index >= 15 is 0 Å². The highest BCUT2D eigenvalue weighted by Crippen LogP contribution is 2.43. The van der Waals surface area contributed by atoms with Crippen LogP contribution in [-0.2, 0) is 15.7 Å². The van der Waals surface area contributed by atoms with Gasteiger partial charge in [0.05, 0.1) is 28.9 Å². The summed E-state index contributed by atoms with van der Waals surface area (Å²) in [6.07, 6.45) is -2.03. The summed E-state index contributed by atoms with van der Waals surface area (Å²) in [6, 6.07) is 0. The number of aromatic nitrogens is 2. The number of ether oxygens (including phenoxy) is 1. The molecule has 2 aromatic heterocycles. The Bertz CT molecular complexity index is 877. The van der Waals surface area contributed by atoms with Gasteiger partial charge in [0.15, 0.2) is 0 Å². The number of fused-ring (bicyclic) bond motifs is 1. The highest BCUT2D eigenvalue weighted by molar-refractivity contribution is 6.08. The maximum absolute atomic E-state index is 13.7. The molecule has 10 heteroatoms. The van der Waals surface area contributed by atoms with Crippen LogP contribution < -0.4 is 10.2 Å². The number of piperidine rings is 1. The van der Waals surface area contributed by atoms with Gasteiger partial charge in [-0.3, -0.25) is 4.79 Å². The van der Waals surface area contributed by atoms with Crippen molar-refractivity contribution < 1.29 is 22.7 Å². The van der Waals surface area contributed by atoms with Crippen LogP contribution in [-0.4, -0.2) is 47.9 Å². The summed E-state index contributed by atoms with van der Waals surface area (Å²) in [5.41, 5.74) is -0.160. The number of aromatic amines is 1. The zero-order chi connectivity index (χ0) is 19.8. The van der Waals surface area contributed by atoms with E-state index in [0.29, 0.717) is 25.1 Å². The molecule has 1 fully saturated rings. The molecule has 1 amide bonds. The van der Waals surface area contributed by atoms with Crippen LogP contribution in [0.4, 0.5) is 24.5 Å². The number of nitrogens with zero attached hydrogens (tertiary/aromatic N) is 2. The molecule has 0 spiro atoms. The number of methoxy groups -OCH3 is 1. The van der Waals surface area contributed by atoms with Gasteiger partial charge in [0.2, 0.25) is 0 Å². The first-order valence-corrected chi connectivity index (χ1v) is 8.44. The molecule has 3 N–H and O–H groups in total. The van der Waals surface area contributed by atoms with Crippen LogP contribution >= 0.6 is 0 Å². The molecule has 1 aliphatic heterocycles. The van der Waals surface area contributed by atoms with Gasteiger partial charge in [0, 0.05) is 31.8 Å². The Morgan fingerprint density at radius 1 is 1.48 bits per heavy atom. The number of alkyl halides is 3. The zero-order valence-corrected chi connectivity index (χ0v) is 14.9. The molecule has 0 aliphatic carbocycles. The van der Waals surface area contributed by atoms with Crippen LogP contribution in [0.1, 0.15) is 25.3 Å². The van der Waals surface area contributed by atoms with Crippen LogP contribution in [0.25, 0.3) is 11.0 Å². The first-order chi connectivity index (χ1) is 12.7. The maximum atomic E-state index is 13.7. The molecule has 0 bridgehead atoms. The number of hydrogen-bond acceptors (Lipinski definition) is 5. The SMILES string of the molecule is CO[C@H](C)C(=O)Nc1c[nH]c2ncc(C(F)(F)F)c(N3CCCC(=N)C3)c12. The Labute approximate surface area is 153 Å². The number of carbonyl (C=O) groups is 1. The summed E-state index contributed by atoms with van der Waals surface area (Å²) in [6.45, 7) is 2.03. The fourth-order valence-electron chi connectivity index (χ4n) is 3.12. The molecule has 1 atom stereocenters. The van der Waals surface area contributed by atoms with Gasteiger partial charge < -0.3 is 25.3 Å². The normalized spacial score (nSPS) is 16.6. The summed E-state index contributed by atoms with van der Waals surface area (Å²) in [5.74, 6) is -0.479. The van der Waals surface area contributed by atoms with E-state index in [1.54, 1.807) is 0 Å². The van der Waals surface area contributed by atoms with Crippen LogP contribution in [0.2, 0.25) is 0 Å². The molecule has 3 rings (SSSR count). The molecule has 2 aromatic rings. The number of hydrogen-bond donors (Lipinski definition) is 3. The smallest absolute Gasteiger partial charge is 0.372 e. The van der Waals surface area contributed by atoms with Crippen molar-refractivity contribution in [1.82, 2.24) is 9.97 Å². The highest BCUT2D eigenvalue weighted by Gasteiger charge is 2.38. The second-order valence-corrected chi connectivity index (χ2v) is 6.44. The Kier molecular flexibility index (Phi) is 5.09. The molecule has 146 valence electrons. The fourth-order valence-corrected chi connectivity index (χ4v) is 3.12. The number of pyridine rings is 1. The lowest BCUT2D eigenvalue weighted by Crippen LogP contribution is -2.37. The summed E-state index contributed by atoms with van der Waals surface area (Å²) < 4.78 is 46.0. The van der Waals surface area contributed by atoms with Crippen molar-refractivity contribution in [1.29, 1.82) is 5.41 Å². The predicted octanol–water partition coefficient (Wildman–Crippen LogP) is 3.18. The standard InChI is InChI=1S/C17H20F3N5O2/c1-9(27-2)16(26)24-12-7-23-15-13(12)14(11(6-22-15)17(18,19)20)25-5-3-4-10(21)8-25/h6-7,9,21H,3-5,8H2,1-2H3,(H,22,23)(H,24,26)/t9-/m1/s1. The Balaban J connectivity index is 2.16. The minimum absolute atomic E-state index is 0.0708. The molecule has 1 saturated heterocycles. The van der Waals surface area contributed by atoms with E-state index < -0.39 is 23.8 Å². The van der Waals surface area contributed by atoms with Crippen LogP contribution in [0.15, 0.2) is 12.4 Å². The first-order valence-electron chi connectivity index (χ1n) is 8.44. The zero-order valence-electron chi connectivity index (χ0n) is 14.9. The van der Waals surface area contributed by atoms with Gasteiger partial charge in [0.25, 0.3) is 5.91 Å². The quantitative estimate of drug-likeness (QED) is 0.756. The number of carbonyl (C=O) groups excluding carboxylic acids is 1. The largest absolute Gasteiger partial charge is 0.419 e. The van der Waals surface area contributed by atoms with E-state index in [9.17, 15) is 18.0 Å². The first kappa shape index (κ1) is 19.2. The average molecular weight is 383 g/mol. The van der Waals surface area contributed by atoms with Gasteiger partial charge in [-0.05, 0) is 19.8 Å². The molecule has 27 heavy (non-hydrogen) atoms. The van der Waals surface area contributed by atoms with Gasteiger partial charge in [0.1, 0.15) is 11.8 Å². The number of anilines is 2. The molecular weight excluding hydrogens is 363 g/mol. The molecule has 3 heterocycles. The van der Waals surface area contributed by atoms with E-state index in [-0.39, 0.29) is 29.0 Å². The van der Waals surface area contributed by atoms with Gasteiger partial charge in [-0.2, -0.15) is 13.2 Å². The lowest BCUT2D eigenvalue weighted by Gasteiger charge is -2.32. The van der Waals surface area contributed by atoms with Crippen molar-refractivity contribution in [2.75, 3.05) is 30.4 Å². The van der Waals surface area contributed by atoms with E-state index in [0.717, 1.165) is 6.20 Å². The van der Waals surface area contributed by atoms with Crippen LogP contribution in [0.5, 0.6) is 0 Å². The second kappa shape index (κ2) is 7.18. The summed E-state index contributed by atoms with van der Waals surface area (Å²) in [5, 5.41) is 10.7. The topological polar surface area (TPSA) is 94.1 Å². The number of H-pyrrole nitrogens is 1. The van der Waals surface area contributed by atoms with E-state index in [1.807, 2.05) is 0 Å². The minimum Gasteiger partial charge on any atom is -0.372 e. The van der Waals surface area contributed by atoms with E-state index in [1.165, 1.54) is 25.1 Å². The molecule has 0 saturated carbocycles. The summed E-state index contributed by atoms with van der Waals surface area (Å²) >= 11 is 0. The monoisotopic (exact) mass is 383 g/mol. The van der Waals surface area contributed by atoms with Crippen molar-refractivity contribution >= 4 is 34.0 Å². The molecule has 1 aliphatic rings. The third-order valence-electron chi connectivity index (χ3n) is 4.56. The summed E-state index contributed by atoms with van der Waals surface area (Å²) in [7, 11) is 1.37. The van der Waals surface area contributed by atoms with E-state index in [2.05, 4.69) is 15.3 Å². The number of nitrogens with one attached hydrogen (secondary N) is 3. The molecule has 0 radical (unpaired) electrons.